The molecule has 2 aliphatic rings. The summed E-state index contributed by atoms with van der Waals surface area (Å²) < 4.78 is 0. The van der Waals surface area contributed by atoms with Crippen molar-refractivity contribution < 1.29 is 17.1 Å². The van der Waals surface area contributed by atoms with Gasteiger partial charge in [0.25, 0.3) is 0 Å². The molecule has 39 heavy (non-hydrogen) atoms. The molecular weight excluding hydrogens is 550 g/mol. The molecule has 0 saturated heterocycles. The van der Waals surface area contributed by atoms with Crippen molar-refractivity contribution in [1.82, 2.24) is 0 Å². The molecule has 6 rings (SSSR count). The second-order valence-electron chi connectivity index (χ2n) is 10.8. The van der Waals surface area contributed by atoms with E-state index in [2.05, 4.69) is 128 Å². The maximum Gasteiger partial charge on any atom is 0 e. The van der Waals surface area contributed by atoms with Gasteiger partial charge in [-0.15, -0.1) is 0 Å². The summed E-state index contributed by atoms with van der Waals surface area (Å²) in [6, 6.07) is 45.3. The van der Waals surface area contributed by atoms with Gasteiger partial charge in [-0.2, -0.15) is 0 Å². The Morgan fingerprint density at radius 2 is 0.846 bits per heavy atom. The molecule has 0 bridgehead atoms. The zero-order valence-corrected chi connectivity index (χ0v) is 26.1. The van der Waals surface area contributed by atoms with Crippen LogP contribution < -0.4 is 21.2 Å². The summed E-state index contributed by atoms with van der Waals surface area (Å²) in [5.41, 5.74) is 1.38. The molecule has 2 saturated carbocycles. The van der Waals surface area contributed by atoms with Crippen LogP contribution in [0.4, 0.5) is 0 Å². The predicted molar refractivity (Wildman–Crippen MR) is 172 cm³/mol. The largest absolute Gasteiger partial charge is 0.0622 e. The van der Waals surface area contributed by atoms with Gasteiger partial charge in [-0.25, -0.2) is 0 Å². The van der Waals surface area contributed by atoms with Gasteiger partial charge in [0.15, 0.2) is 0 Å². The van der Waals surface area contributed by atoms with Crippen molar-refractivity contribution in [2.75, 3.05) is 0 Å². The molecule has 204 valence electrons. The van der Waals surface area contributed by atoms with Crippen LogP contribution in [0.2, 0.25) is 0 Å². The van der Waals surface area contributed by atoms with E-state index in [1.165, 1.54) is 72.6 Å². The van der Waals surface area contributed by atoms with Crippen LogP contribution in [0.25, 0.3) is 0 Å². The Balaban J connectivity index is 0.000000530. The fourth-order valence-corrected chi connectivity index (χ4v) is 12.8. The van der Waals surface area contributed by atoms with Crippen LogP contribution in [-0.2, 0) is 17.1 Å². The first-order valence-corrected chi connectivity index (χ1v) is 17.4. The Morgan fingerprint density at radius 3 is 1.23 bits per heavy atom. The maximum atomic E-state index is 2.55. The van der Waals surface area contributed by atoms with E-state index in [0.717, 1.165) is 11.6 Å². The molecule has 0 nitrogen and oxygen atoms in total. The summed E-state index contributed by atoms with van der Waals surface area (Å²) in [5.74, 6) is 0.739. The van der Waals surface area contributed by atoms with Crippen molar-refractivity contribution in [2.45, 2.75) is 69.6 Å². The summed E-state index contributed by atoms with van der Waals surface area (Å²) >= 11 is 0. The van der Waals surface area contributed by atoms with Crippen molar-refractivity contribution >= 4 is 37.1 Å². The molecule has 4 aromatic carbocycles. The van der Waals surface area contributed by atoms with Crippen LogP contribution in [-0.4, -0.2) is 11.3 Å². The molecule has 3 heteroatoms. The van der Waals surface area contributed by atoms with Crippen LogP contribution in [0.1, 0.15) is 58.3 Å². The van der Waals surface area contributed by atoms with Crippen molar-refractivity contribution in [3.63, 3.8) is 0 Å². The molecule has 2 aliphatic carbocycles. The van der Waals surface area contributed by atoms with Crippen LogP contribution in [0.5, 0.6) is 0 Å². The van der Waals surface area contributed by atoms with E-state index < -0.39 is 7.92 Å². The van der Waals surface area contributed by atoms with Gasteiger partial charge in [0, 0.05) is 17.1 Å². The minimum absolute atomic E-state index is 0. The quantitative estimate of drug-likeness (QED) is 0.149. The van der Waals surface area contributed by atoms with Gasteiger partial charge >= 0.3 is 0 Å². The molecule has 4 aromatic rings. The maximum absolute atomic E-state index is 2.55. The summed E-state index contributed by atoms with van der Waals surface area (Å²) in [4.78, 5) is 0. The van der Waals surface area contributed by atoms with Crippen molar-refractivity contribution in [2.24, 2.45) is 5.92 Å². The normalized spacial score (nSPS) is 19.3. The Labute approximate surface area is 250 Å². The number of hydrogen-bond donors (Lipinski definition) is 0. The molecule has 3 atom stereocenters. The molecule has 0 heterocycles. The fourth-order valence-electron chi connectivity index (χ4n) is 6.43. The van der Waals surface area contributed by atoms with E-state index in [1.807, 2.05) is 0 Å². The van der Waals surface area contributed by atoms with Crippen LogP contribution in [0.3, 0.4) is 0 Å². The van der Waals surface area contributed by atoms with Gasteiger partial charge in [-0.1, -0.05) is 167 Å². The molecule has 2 fully saturated rings. The van der Waals surface area contributed by atoms with E-state index in [0.29, 0.717) is 5.66 Å². The molecule has 0 radical (unpaired) electrons. The molecule has 0 amide bonds. The van der Waals surface area contributed by atoms with Crippen molar-refractivity contribution in [3.05, 3.63) is 121 Å². The van der Waals surface area contributed by atoms with Crippen molar-refractivity contribution in [1.29, 1.82) is 0 Å². The Kier molecular flexibility index (Phi) is 12.3. The second kappa shape index (κ2) is 15.9. The zero-order valence-electron chi connectivity index (χ0n) is 23.2. The summed E-state index contributed by atoms with van der Waals surface area (Å²) in [7, 11) is -0.778. The van der Waals surface area contributed by atoms with Crippen LogP contribution >= 0.6 is 15.8 Å². The SMILES string of the molecule is C1CCCC1.CC(C1CCCC1P(c1ccccc1)c1ccccc1)P(c1ccccc1)c1ccccc1.[Fe]. The van der Waals surface area contributed by atoms with E-state index in [9.17, 15) is 0 Å². The van der Waals surface area contributed by atoms with Gasteiger partial charge in [-0.3, -0.25) is 0 Å². The first-order chi connectivity index (χ1) is 18.8. The second-order valence-corrected chi connectivity index (χ2v) is 15.8. The van der Waals surface area contributed by atoms with Gasteiger partial charge in [0.05, 0.1) is 0 Å². The molecule has 3 unspecified atom stereocenters. The Morgan fingerprint density at radius 1 is 0.487 bits per heavy atom. The fraction of sp³-hybridized carbons (Fsp3) is 0.333. The molecule has 0 aliphatic heterocycles. The summed E-state index contributed by atoms with van der Waals surface area (Å²) in [6.07, 6.45) is 11.5. The average molecular weight is 593 g/mol. The molecule has 0 spiro atoms. The summed E-state index contributed by atoms with van der Waals surface area (Å²) in [6.45, 7) is 2.55. The van der Waals surface area contributed by atoms with Crippen LogP contribution in [0, 0.1) is 5.92 Å². The first-order valence-electron chi connectivity index (χ1n) is 14.6. The van der Waals surface area contributed by atoms with E-state index in [4.69, 9.17) is 0 Å². The number of rotatable bonds is 7. The molecule has 0 N–H and O–H groups in total. The van der Waals surface area contributed by atoms with E-state index in [1.54, 1.807) is 0 Å². The van der Waals surface area contributed by atoms with Crippen molar-refractivity contribution in [3.8, 4) is 0 Å². The van der Waals surface area contributed by atoms with Gasteiger partial charge in [-0.05, 0) is 67.1 Å². The minimum atomic E-state index is -0.402. The first kappa shape index (κ1) is 30.2. The third kappa shape index (κ3) is 7.93. The van der Waals surface area contributed by atoms with E-state index >= 15 is 0 Å². The van der Waals surface area contributed by atoms with Gasteiger partial charge in [0.2, 0.25) is 0 Å². The Bertz CT molecular complexity index is 1110. The average Bonchev–Trinajstić information content (AvgIpc) is 3.72. The summed E-state index contributed by atoms with van der Waals surface area (Å²) in [5, 5.41) is 6.10. The topological polar surface area (TPSA) is 0 Å². The van der Waals surface area contributed by atoms with Crippen LogP contribution in [0.15, 0.2) is 121 Å². The van der Waals surface area contributed by atoms with Gasteiger partial charge in [0.1, 0.15) is 0 Å². The molecule has 0 aromatic heterocycles. The standard InChI is InChI=1S/C31H32P2.C5H10.Fe/c1-25(32(26-15-6-2-7-16-26)27-17-8-3-9-18-27)30-23-14-24-31(30)33(28-19-10-4-11-20-28)29-21-12-5-13-22-29;1-2-4-5-3-1;/h2-13,15-22,25,30-31H,14,23-24H2,1H3;1-5H2;. The minimum Gasteiger partial charge on any atom is -0.0622 e. The zero-order chi connectivity index (χ0) is 26.0. The van der Waals surface area contributed by atoms with E-state index in [-0.39, 0.29) is 25.0 Å². The number of hydrogen-bond acceptors (Lipinski definition) is 0. The molecular formula is C36H42FeP2. The van der Waals surface area contributed by atoms with Gasteiger partial charge < -0.3 is 0 Å². The third-order valence-electron chi connectivity index (χ3n) is 8.28. The Hall–Kier alpha value is -1.74. The number of benzene rings is 4. The predicted octanol–water partition coefficient (Wildman–Crippen LogP) is 8.76. The smallest absolute Gasteiger partial charge is 0 e. The monoisotopic (exact) mass is 592 g/mol. The third-order valence-corrected chi connectivity index (χ3v) is 14.2.